The first-order chi connectivity index (χ1) is 8.33. The molecule has 2 fully saturated rings. The second-order valence-corrected chi connectivity index (χ2v) is 5.12. The van der Waals surface area contributed by atoms with E-state index >= 15 is 0 Å². The number of rotatable bonds is 1. The smallest absolute Gasteiger partial charge is 0.160 e. The van der Waals surface area contributed by atoms with Crippen LogP contribution in [0.25, 0.3) is 11.0 Å². The van der Waals surface area contributed by atoms with Gasteiger partial charge in [-0.05, 0) is 47.6 Å². The van der Waals surface area contributed by atoms with Crippen LogP contribution in [0.1, 0.15) is 19.3 Å². The van der Waals surface area contributed by atoms with Gasteiger partial charge in [0.25, 0.3) is 0 Å². The molecule has 1 aliphatic carbocycles. The van der Waals surface area contributed by atoms with Gasteiger partial charge in [0, 0.05) is 12.6 Å². The summed E-state index contributed by atoms with van der Waals surface area (Å²) in [6, 6.07) is 4.61. The van der Waals surface area contributed by atoms with Gasteiger partial charge in [0.15, 0.2) is 11.0 Å². The molecule has 2 bridgehead atoms. The van der Waals surface area contributed by atoms with Crippen LogP contribution in [-0.2, 0) is 0 Å². The number of anilines is 2. The van der Waals surface area contributed by atoms with Crippen molar-refractivity contribution in [1.82, 2.24) is 10.3 Å². The van der Waals surface area contributed by atoms with Crippen molar-refractivity contribution in [3.8, 4) is 0 Å². The summed E-state index contributed by atoms with van der Waals surface area (Å²) in [7, 11) is 0. The fourth-order valence-electron chi connectivity index (χ4n) is 3.32. The Hall–Kier alpha value is -1.78. The zero-order chi connectivity index (χ0) is 11.4. The molecule has 2 atom stereocenters. The van der Waals surface area contributed by atoms with Crippen LogP contribution >= 0.6 is 0 Å². The number of nitrogen functional groups attached to an aromatic ring is 1. The number of aromatic nitrogens is 2. The zero-order valence-electron chi connectivity index (χ0n) is 9.47. The maximum atomic E-state index is 5.86. The minimum absolute atomic E-state index is 0.634. The fraction of sp³-hybridized carbons (Fsp3) is 0.500. The number of nitrogens with zero attached hydrogens (tertiary/aromatic N) is 3. The van der Waals surface area contributed by atoms with Gasteiger partial charge in [-0.25, -0.2) is 4.63 Å². The number of hydrogen-bond donors (Lipinski definition) is 1. The molecule has 1 aromatic carbocycles. The SMILES string of the molecule is Nc1ccc(N2CC3CCC2C3)c2nonc12. The molecule has 1 saturated heterocycles. The normalized spacial score (nSPS) is 27.2. The molecule has 2 aromatic rings. The predicted octanol–water partition coefficient (Wildman–Crippen LogP) is 1.79. The molecule has 88 valence electrons. The van der Waals surface area contributed by atoms with Gasteiger partial charge in [-0.15, -0.1) is 0 Å². The van der Waals surface area contributed by atoms with Gasteiger partial charge in [0.2, 0.25) is 0 Å². The first-order valence-corrected chi connectivity index (χ1v) is 6.10. The molecule has 1 aliphatic heterocycles. The van der Waals surface area contributed by atoms with Crippen molar-refractivity contribution in [2.24, 2.45) is 5.92 Å². The lowest BCUT2D eigenvalue weighted by Crippen LogP contribution is -2.31. The molecule has 4 rings (SSSR count). The lowest BCUT2D eigenvalue weighted by atomic mass is 10.1. The minimum Gasteiger partial charge on any atom is -0.397 e. The van der Waals surface area contributed by atoms with E-state index in [1.54, 1.807) is 0 Å². The van der Waals surface area contributed by atoms with E-state index in [1.807, 2.05) is 12.1 Å². The van der Waals surface area contributed by atoms with Crippen molar-refractivity contribution in [2.45, 2.75) is 25.3 Å². The Balaban J connectivity index is 1.86. The van der Waals surface area contributed by atoms with Crippen molar-refractivity contribution in [3.05, 3.63) is 12.1 Å². The Morgan fingerprint density at radius 1 is 1.24 bits per heavy atom. The second-order valence-electron chi connectivity index (χ2n) is 5.12. The third-order valence-corrected chi connectivity index (χ3v) is 4.14. The Bertz CT molecular complexity index is 579. The molecule has 1 saturated carbocycles. The third kappa shape index (κ3) is 1.19. The molecule has 2 aliphatic rings. The molecule has 0 spiro atoms. The third-order valence-electron chi connectivity index (χ3n) is 4.14. The van der Waals surface area contributed by atoms with Crippen molar-refractivity contribution >= 4 is 22.4 Å². The predicted molar refractivity (Wildman–Crippen MR) is 64.7 cm³/mol. The molecule has 2 unspecified atom stereocenters. The molecular weight excluding hydrogens is 216 g/mol. The number of fused-ring (bicyclic) bond motifs is 3. The first kappa shape index (κ1) is 9.27. The van der Waals surface area contributed by atoms with Crippen LogP contribution in [0.2, 0.25) is 0 Å². The summed E-state index contributed by atoms with van der Waals surface area (Å²) in [4.78, 5) is 2.44. The largest absolute Gasteiger partial charge is 0.397 e. The van der Waals surface area contributed by atoms with Crippen LogP contribution in [0, 0.1) is 5.92 Å². The maximum absolute atomic E-state index is 5.86. The fourth-order valence-corrected chi connectivity index (χ4v) is 3.32. The lowest BCUT2D eigenvalue weighted by molar-refractivity contribution is 0.315. The molecular formula is C12H14N4O. The van der Waals surface area contributed by atoms with Crippen LogP contribution in [0.15, 0.2) is 16.8 Å². The highest BCUT2D eigenvalue weighted by atomic mass is 16.6. The summed E-state index contributed by atoms with van der Waals surface area (Å²) in [6.45, 7) is 1.14. The van der Waals surface area contributed by atoms with Crippen LogP contribution in [0.3, 0.4) is 0 Å². The van der Waals surface area contributed by atoms with Crippen molar-refractivity contribution < 1.29 is 4.63 Å². The van der Waals surface area contributed by atoms with E-state index < -0.39 is 0 Å². The van der Waals surface area contributed by atoms with Crippen LogP contribution < -0.4 is 10.6 Å². The van der Waals surface area contributed by atoms with Crippen molar-refractivity contribution in [2.75, 3.05) is 17.2 Å². The Morgan fingerprint density at radius 3 is 2.88 bits per heavy atom. The summed E-state index contributed by atoms with van der Waals surface area (Å²) >= 11 is 0. The highest BCUT2D eigenvalue weighted by molar-refractivity contribution is 5.95. The van der Waals surface area contributed by atoms with Gasteiger partial charge in [-0.1, -0.05) is 0 Å². The lowest BCUT2D eigenvalue weighted by Gasteiger charge is -2.29. The van der Waals surface area contributed by atoms with Crippen molar-refractivity contribution in [3.63, 3.8) is 0 Å². The van der Waals surface area contributed by atoms with Gasteiger partial charge in [-0.2, -0.15) is 0 Å². The minimum atomic E-state index is 0.634. The van der Waals surface area contributed by atoms with E-state index in [9.17, 15) is 0 Å². The van der Waals surface area contributed by atoms with E-state index in [2.05, 4.69) is 15.2 Å². The first-order valence-electron chi connectivity index (χ1n) is 6.10. The summed E-state index contributed by atoms with van der Waals surface area (Å²) in [5, 5.41) is 7.87. The van der Waals surface area contributed by atoms with Gasteiger partial charge in [-0.3, -0.25) is 0 Å². The molecule has 2 heterocycles. The van der Waals surface area contributed by atoms with E-state index in [1.165, 1.54) is 19.3 Å². The van der Waals surface area contributed by atoms with E-state index in [-0.39, 0.29) is 0 Å². The molecule has 5 heteroatoms. The van der Waals surface area contributed by atoms with Crippen LogP contribution in [0.4, 0.5) is 11.4 Å². The summed E-state index contributed by atoms with van der Waals surface area (Å²) in [5.41, 5.74) is 9.11. The monoisotopic (exact) mass is 230 g/mol. The summed E-state index contributed by atoms with van der Waals surface area (Å²) in [6.07, 6.45) is 3.98. The molecule has 5 nitrogen and oxygen atoms in total. The van der Waals surface area contributed by atoms with Gasteiger partial charge >= 0.3 is 0 Å². The average molecular weight is 230 g/mol. The van der Waals surface area contributed by atoms with Crippen LogP contribution in [0.5, 0.6) is 0 Å². The molecule has 0 radical (unpaired) electrons. The number of hydrogen-bond acceptors (Lipinski definition) is 5. The summed E-state index contributed by atoms with van der Waals surface area (Å²) in [5.74, 6) is 0.854. The highest BCUT2D eigenvalue weighted by Crippen LogP contribution is 2.42. The van der Waals surface area contributed by atoms with Gasteiger partial charge in [0.05, 0.1) is 11.4 Å². The van der Waals surface area contributed by atoms with Crippen molar-refractivity contribution in [1.29, 1.82) is 0 Å². The quantitative estimate of drug-likeness (QED) is 0.756. The maximum Gasteiger partial charge on any atom is 0.160 e. The summed E-state index contributed by atoms with van der Waals surface area (Å²) < 4.78 is 4.82. The zero-order valence-corrected chi connectivity index (χ0v) is 9.47. The van der Waals surface area contributed by atoms with E-state index in [4.69, 9.17) is 10.4 Å². The Morgan fingerprint density at radius 2 is 2.12 bits per heavy atom. The highest BCUT2D eigenvalue weighted by Gasteiger charge is 2.38. The Labute approximate surface area is 98.5 Å². The number of nitrogens with two attached hydrogens (primary N) is 1. The number of benzene rings is 1. The van der Waals surface area contributed by atoms with E-state index in [0.29, 0.717) is 17.2 Å². The second kappa shape index (κ2) is 3.12. The number of piperidine rings is 1. The molecule has 0 amide bonds. The molecule has 17 heavy (non-hydrogen) atoms. The topological polar surface area (TPSA) is 68.2 Å². The van der Waals surface area contributed by atoms with Gasteiger partial charge in [0.1, 0.15) is 0 Å². The molecule has 2 N–H and O–H groups in total. The Kier molecular flexibility index (Phi) is 1.70. The van der Waals surface area contributed by atoms with E-state index in [0.717, 1.165) is 23.7 Å². The van der Waals surface area contributed by atoms with Gasteiger partial charge < -0.3 is 10.6 Å². The standard InChI is InChI=1S/C12H14N4O/c13-9-3-4-10(12-11(9)14-17-15-12)16-6-7-1-2-8(16)5-7/h3-4,7-8H,1-2,5-6,13H2. The van der Waals surface area contributed by atoms with Crippen LogP contribution in [-0.4, -0.2) is 22.9 Å². The average Bonchev–Trinajstić information content (AvgIpc) is 3.05. The molecule has 1 aromatic heterocycles.